The van der Waals surface area contributed by atoms with E-state index in [1.807, 2.05) is 0 Å². The fourth-order valence-electron chi connectivity index (χ4n) is 4.57. The van der Waals surface area contributed by atoms with Gasteiger partial charge in [0.1, 0.15) is 22.6 Å². The average molecular weight is 698 g/mol. The number of carbonyl (C=O) groups is 5. The van der Waals surface area contributed by atoms with Gasteiger partial charge in [-0.25, -0.2) is 23.8 Å². The predicted molar refractivity (Wildman–Crippen MR) is 185 cm³/mol. The number of halogens is 1. The zero-order valence-electron chi connectivity index (χ0n) is 29.9. The van der Waals surface area contributed by atoms with E-state index in [9.17, 15) is 24.0 Å². The van der Waals surface area contributed by atoms with E-state index < -0.39 is 52.8 Å². The number of hydrogen-bond donors (Lipinski definition) is 3. The van der Waals surface area contributed by atoms with Crippen LogP contribution in [0.15, 0.2) is 30.7 Å². The van der Waals surface area contributed by atoms with Gasteiger partial charge in [0.2, 0.25) is 5.91 Å². The summed E-state index contributed by atoms with van der Waals surface area (Å²) in [6.07, 6.45) is 0.640. The molecule has 4 amide bonds. The van der Waals surface area contributed by atoms with Crippen LogP contribution in [0.25, 0.3) is 21.9 Å². The van der Waals surface area contributed by atoms with Crippen molar-refractivity contribution in [3.8, 4) is 11.1 Å². The van der Waals surface area contributed by atoms with E-state index in [0.717, 1.165) is 0 Å². The van der Waals surface area contributed by atoms with Crippen LogP contribution in [0.4, 0.5) is 36.0 Å². The summed E-state index contributed by atoms with van der Waals surface area (Å²) in [4.78, 5) is 72.1. The molecule has 0 saturated heterocycles. The maximum absolute atomic E-state index is 16.6. The number of nitrogens with zero attached hydrogens (tertiary/aromatic N) is 3. The predicted octanol–water partition coefficient (Wildman–Crippen LogP) is 7.96. The van der Waals surface area contributed by atoms with Crippen LogP contribution in [0.3, 0.4) is 0 Å². The Morgan fingerprint density at radius 2 is 1.38 bits per heavy atom. The molecule has 2 aromatic heterocycles. The van der Waals surface area contributed by atoms with Crippen LogP contribution in [0.5, 0.6) is 0 Å². The highest BCUT2D eigenvalue weighted by Crippen LogP contribution is 2.39. The quantitative estimate of drug-likeness (QED) is 0.194. The van der Waals surface area contributed by atoms with Crippen LogP contribution in [-0.2, 0) is 23.8 Å². The minimum absolute atomic E-state index is 0.0452. The highest BCUT2D eigenvalue weighted by atomic mass is 19.1. The summed E-state index contributed by atoms with van der Waals surface area (Å²) in [5, 5.41) is 14.4. The second-order valence-corrected chi connectivity index (χ2v) is 14.5. The Morgan fingerprint density at radius 3 is 1.92 bits per heavy atom. The van der Waals surface area contributed by atoms with Crippen LogP contribution >= 0.6 is 0 Å². The van der Waals surface area contributed by atoms with Crippen LogP contribution in [0.1, 0.15) is 87.1 Å². The SMILES string of the molecule is Cc1c(-c2cc3cc(NC(=O)CCCC(=O)O)ncc3c(NC(=O)OC(C)(C)C)c2F)cncc1N(C(=O)OC(C)(C)C)C(=O)OC(C)(C)C. The van der Waals surface area contributed by atoms with E-state index in [4.69, 9.17) is 19.3 Å². The van der Waals surface area contributed by atoms with E-state index in [2.05, 4.69) is 20.6 Å². The maximum Gasteiger partial charge on any atom is 0.424 e. The minimum atomic E-state index is -1.05. The van der Waals surface area contributed by atoms with Gasteiger partial charge in [0, 0.05) is 41.7 Å². The molecule has 0 aliphatic rings. The van der Waals surface area contributed by atoms with Gasteiger partial charge in [-0.3, -0.25) is 19.9 Å². The first kappa shape index (κ1) is 39.1. The van der Waals surface area contributed by atoms with Gasteiger partial charge in [0.25, 0.3) is 0 Å². The third-order valence-corrected chi connectivity index (χ3v) is 6.52. The molecule has 50 heavy (non-hydrogen) atoms. The number of anilines is 3. The van der Waals surface area contributed by atoms with Crippen LogP contribution in [0, 0.1) is 12.7 Å². The number of nitrogens with one attached hydrogen (secondary N) is 2. The number of fused-ring (bicyclic) bond motifs is 1. The third-order valence-electron chi connectivity index (χ3n) is 6.52. The topological polar surface area (TPSA) is 186 Å². The molecular weight excluding hydrogens is 653 g/mol. The number of carboxylic acids is 1. The second kappa shape index (κ2) is 15.0. The first-order valence-corrected chi connectivity index (χ1v) is 15.8. The van der Waals surface area contributed by atoms with Crippen molar-refractivity contribution in [3.05, 3.63) is 42.1 Å². The first-order chi connectivity index (χ1) is 23.0. The molecule has 3 N–H and O–H groups in total. The number of rotatable bonds is 8. The van der Waals surface area contributed by atoms with Crippen molar-refractivity contribution in [1.82, 2.24) is 9.97 Å². The highest BCUT2D eigenvalue weighted by Gasteiger charge is 2.35. The molecule has 0 unspecified atom stereocenters. The molecule has 0 aliphatic carbocycles. The lowest BCUT2D eigenvalue weighted by atomic mass is 9.97. The number of benzene rings is 1. The molecule has 15 heteroatoms. The molecule has 3 aromatic rings. The average Bonchev–Trinajstić information content (AvgIpc) is 2.92. The Labute approximate surface area is 289 Å². The number of carboxylic acid groups (broad SMARTS) is 1. The minimum Gasteiger partial charge on any atom is -0.481 e. The number of aromatic nitrogens is 2. The van der Waals surface area contributed by atoms with Gasteiger partial charge < -0.3 is 24.6 Å². The summed E-state index contributed by atoms with van der Waals surface area (Å²) >= 11 is 0. The van der Waals surface area contributed by atoms with Gasteiger partial charge >= 0.3 is 24.2 Å². The van der Waals surface area contributed by atoms with E-state index in [0.29, 0.717) is 10.3 Å². The summed E-state index contributed by atoms with van der Waals surface area (Å²) in [6, 6.07) is 2.89. The molecule has 1 aromatic carbocycles. The fourth-order valence-corrected chi connectivity index (χ4v) is 4.57. The number of amides is 4. The molecule has 0 saturated carbocycles. The number of pyridine rings is 2. The Balaban J connectivity index is 2.23. The lowest BCUT2D eigenvalue weighted by Gasteiger charge is -2.29. The number of imide groups is 1. The van der Waals surface area contributed by atoms with Crippen molar-refractivity contribution in [2.24, 2.45) is 0 Å². The van der Waals surface area contributed by atoms with Crippen LogP contribution in [-0.4, -0.2) is 62.0 Å². The first-order valence-electron chi connectivity index (χ1n) is 15.8. The number of hydrogen-bond acceptors (Lipinski definition) is 10. The molecule has 2 heterocycles. The van der Waals surface area contributed by atoms with Crippen molar-refractivity contribution in [2.45, 2.75) is 105 Å². The van der Waals surface area contributed by atoms with Crippen molar-refractivity contribution >= 4 is 58.1 Å². The van der Waals surface area contributed by atoms with Crippen molar-refractivity contribution in [1.29, 1.82) is 0 Å². The molecule has 0 bridgehead atoms. The van der Waals surface area contributed by atoms with Gasteiger partial charge in [0.05, 0.1) is 17.6 Å². The summed E-state index contributed by atoms with van der Waals surface area (Å²) in [6.45, 7) is 16.3. The standard InChI is InChI=1S/C35H44FN5O9/c1-19-22(16-37-18-24(19)41(31(46)49-34(5,6)7)32(47)50-35(8,9)10)21-14-20-15-25(39-26(42)12-11-13-27(43)44)38-17-23(20)29(28(21)36)40-30(45)48-33(2,3)4/h14-18H,11-13H2,1-10H3,(H,40,45)(H,43,44)(H,38,39,42). The second-order valence-electron chi connectivity index (χ2n) is 14.5. The van der Waals surface area contributed by atoms with Crippen molar-refractivity contribution < 1.29 is 47.7 Å². The van der Waals surface area contributed by atoms with Crippen LogP contribution < -0.4 is 15.5 Å². The van der Waals surface area contributed by atoms with E-state index >= 15 is 4.39 Å². The Morgan fingerprint density at radius 1 is 0.800 bits per heavy atom. The van der Waals surface area contributed by atoms with Gasteiger partial charge in [0.15, 0.2) is 5.82 Å². The molecule has 270 valence electrons. The van der Waals surface area contributed by atoms with Gasteiger partial charge in [-0.05, 0) is 98.7 Å². The molecule has 0 radical (unpaired) electrons. The maximum atomic E-state index is 16.6. The molecule has 14 nitrogen and oxygen atoms in total. The Bertz CT molecular complexity index is 1780. The number of aliphatic carboxylic acids is 1. The van der Waals surface area contributed by atoms with Crippen LogP contribution in [0.2, 0.25) is 0 Å². The van der Waals surface area contributed by atoms with E-state index in [1.54, 1.807) is 69.2 Å². The summed E-state index contributed by atoms with van der Waals surface area (Å²) in [5.41, 5.74) is -2.93. The molecule has 0 spiro atoms. The van der Waals surface area contributed by atoms with E-state index in [1.165, 1.54) is 30.7 Å². The normalized spacial score (nSPS) is 11.8. The Hall–Kier alpha value is -5.34. The number of carbonyl (C=O) groups excluding carboxylic acids is 4. The zero-order chi connectivity index (χ0) is 37.8. The van der Waals surface area contributed by atoms with Crippen molar-refractivity contribution in [2.75, 3.05) is 15.5 Å². The van der Waals surface area contributed by atoms with Gasteiger partial charge in [-0.15, -0.1) is 0 Å². The molecule has 0 atom stereocenters. The number of ether oxygens (including phenoxy) is 3. The summed E-state index contributed by atoms with van der Waals surface area (Å²) < 4.78 is 33.0. The van der Waals surface area contributed by atoms with Gasteiger partial charge in [-0.2, -0.15) is 4.90 Å². The molecule has 0 fully saturated rings. The lowest BCUT2D eigenvalue weighted by molar-refractivity contribution is -0.137. The van der Waals surface area contributed by atoms with Gasteiger partial charge in [-0.1, -0.05) is 0 Å². The summed E-state index contributed by atoms with van der Waals surface area (Å²) in [5.74, 6) is -2.33. The highest BCUT2D eigenvalue weighted by molar-refractivity contribution is 6.11. The fraction of sp³-hybridized carbons (Fsp3) is 0.457. The monoisotopic (exact) mass is 697 g/mol. The third kappa shape index (κ3) is 10.8. The molecular formula is C35H44FN5O9. The summed E-state index contributed by atoms with van der Waals surface area (Å²) in [7, 11) is 0. The van der Waals surface area contributed by atoms with Crippen molar-refractivity contribution in [3.63, 3.8) is 0 Å². The molecule has 0 aliphatic heterocycles. The van der Waals surface area contributed by atoms with E-state index in [-0.39, 0.29) is 58.5 Å². The molecule has 3 rings (SSSR count). The largest absolute Gasteiger partial charge is 0.481 e. The Kier molecular flexibility index (Phi) is 11.8. The lowest BCUT2D eigenvalue weighted by Crippen LogP contribution is -2.44. The smallest absolute Gasteiger partial charge is 0.424 e. The zero-order valence-corrected chi connectivity index (χ0v) is 29.9.